The highest BCUT2D eigenvalue weighted by Crippen LogP contribution is 2.24. The molecule has 0 bridgehead atoms. The van der Waals surface area contributed by atoms with E-state index in [-0.39, 0.29) is 5.75 Å². The van der Waals surface area contributed by atoms with Crippen LogP contribution < -0.4 is 0 Å². The monoisotopic (exact) mass is 228 g/mol. The van der Waals surface area contributed by atoms with Gasteiger partial charge in [0.25, 0.3) is 0 Å². The van der Waals surface area contributed by atoms with Crippen molar-refractivity contribution in [2.45, 2.75) is 38.7 Å². The molecule has 1 rings (SSSR count). The van der Waals surface area contributed by atoms with Gasteiger partial charge in [-0.05, 0) is 50.8 Å². The van der Waals surface area contributed by atoms with E-state index in [0.717, 1.165) is 24.8 Å². The first-order valence-corrected chi connectivity index (χ1v) is 5.46. The third kappa shape index (κ3) is 4.54. The van der Waals surface area contributed by atoms with E-state index in [1.807, 2.05) is 6.07 Å². The van der Waals surface area contributed by atoms with Gasteiger partial charge in [-0.2, -0.15) is 0 Å². The first-order chi connectivity index (χ1) is 6.88. The Labute approximate surface area is 95.5 Å². The van der Waals surface area contributed by atoms with Gasteiger partial charge >= 0.3 is 0 Å². The Morgan fingerprint density at radius 1 is 1.33 bits per heavy atom. The average Bonchev–Trinajstić information content (AvgIpc) is 2.09. The molecular formula is C12H17ClO2. The molecule has 2 N–H and O–H groups in total. The lowest BCUT2D eigenvalue weighted by molar-refractivity contribution is 0.0689. The molecule has 2 nitrogen and oxygen atoms in total. The van der Waals surface area contributed by atoms with Gasteiger partial charge in [0.2, 0.25) is 0 Å². The second-order valence-electron chi connectivity index (χ2n) is 4.45. The minimum atomic E-state index is -0.610. The number of benzene rings is 1. The molecule has 84 valence electrons. The summed E-state index contributed by atoms with van der Waals surface area (Å²) in [5.74, 6) is 0.114. The van der Waals surface area contributed by atoms with E-state index in [0.29, 0.717) is 5.02 Å². The van der Waals surface area contributed by atoms with E-state index in [1.54, 1.807) is 26.0 Å². The summed E-state index contributed by atoms with van der Waals surface area (Å²) in [6.45, 7) is 3.60. The summed E-state index contributed by atoms with van der Waals surface area (Å²) >= 11 is 5.78. The number of aromatic hydroxyl groups is 1. The zero-order chi connectivity index (χ0) is 11.5. The van der Waals surface area contributed by atoms with Gasteiger partial charge in [-0.15, -0.1) is 0 Å². The molecule has 15 heavy (non-hydrogen) atoms. The highest BCUT2D eigenvalue weighted by molar-refractivity contribution is 6.32. The van der Waals surface area contributed by atoms with Crippen molar-refractivity contribution in [3.8, 4) is 5.75 Å². The van der Waals surface area contributed by atoms with E-state index in [1.165, 1.54) is 0 Å². The van der Waals surface area contributed by atoms with Gasteiger partial charge in [-0.25, -0.2) is 0 Å². The molecule has 0 aromatic heterocycles. The van der Waals surface area contributed by atoms with Crippen molar-refractivity contribution in [3.63, 3.8) is 0 Å². The minimum Gasteiger partial charge on any atom is -0.506 e. The molecule has 0 fully saturated rings. The van der Waals surface area contributed by atoms with Gasteiger partial charge in [-0.1, -0.05) is 17.7 Å². The van der Waals surface area contributed by atoms with E-state index in [4.69, 9.17) is 11.6 Å². The smallest absolute Gasteiger partial charge is 0.134 e. The molecule has 0 spiro atoms. The zero-order valence-electron chi connectivity index (χ0n) is 9.13. The van der Waals surface area contributed by atoms with E-state index >= 15 is 0 Å². The average molecular weight is 229 g/mol. The first kappa shape index (κ1) is 12.3. The molecule has 1 aromatic rings. The summed E-state index contributed by atoms with van der Waals surface area (Å²) in [7, 11) is 0. The summed E-state index contributed by atoms with van der Waals surface area (Å²) in [4.78, 5) is 0. The fourth-order valence-corrected chi connectivity index (χ4v) is 1.63. The van der Waals surface area contributed by atoms with Crippen LogP contribution in [0.5, 0.6) is 5.75 Å². The van der Waals surface area contributed by atoms with Gasteiger partial charge < -0.3 is 10.2 Å². The van der Waals surface area contributed by atoms with Crippen LogP contribution in [0.25, 0.3) is 0 Å². The molecule has 0 saturated heterocycles. The lowest BCUT2D eigenvalue weighted by Crippen LogP contribution is -2.18. The molecule has 0 aliphatic heterocycles. The Kier molecular flexibility index (Phi) is 4.00. The Hall–Kier alpha value is -0.730. The second-order valence-corrected chi connectivity index (χ2v) is 4.86. The number of aliphatic hydroxyl groups is 1. The Bertz CT molecular complexity index is 329. The van der Waals surface area contributed by atoms with Crippen LogP contribution in [0.15, 0.2) is 18.2 Å². The van der Waals surface area contributed by atoms with E-state index in [9.17, 15) is 10.2 Å². The number of phenols is 1. The summed E-state index contributed by atoms with van der Waals surface area (Å²) in [6, 6.07) is 5.22. The van der Waals surface area contributed by atoms with Gasteiger partial charge in [0.15, 0.2) is 0 Å². The number of rotatable bonds is 4. The quantitative estimate of drug-likeness (QED) is 0.831. The summed E-state index contributed by atoms with van der Waals surface area (Å²) in [5, 5.41) is 19.1. The molecule has 0 aliphatic carbocycles. The fourth-order valence-electron chi connectivity index (χ4n) is 1.43. The lowest BCUT2D eigenvalue weighted by atomic mass is 9.99. The molecular weight excluding hydrogens is 212 g/mol. The topological polar surface area (TPSA) is 40.5 Å². The lowest BCUT2D eigenvalue weighted by Gasteiger charge is -2.16. The maximum absolute atomic E-state index is 9.53. The van der Waals surface area contributed by atoms with E-state index < -0.39 is 5.60 Å². The van der Waals surface area contributed by atoms with Crippen LogP contribution >= 0.6 is 11.6 Å². The molecule has 0 atom stereocenters. The van der Waals surface area contributed by atoms with Crippen molar-refractivity contribution < 1.29 is 10.2 Å². The minimum absolute atomic E-state index is 0.114. The Morgan fingerprint density at radius 3 is 2.53 bits per heavy atom. The van der Waals surface area contributed by atoms with Crippen LogP contribution in [0, 0.1) is 0 Å². The van der Waals surface area contributed by atoms with Gasteiger partial charge in [-0.3, -0.25) is 0 Å². The molecule has 3 heteroatoms. The number of aryl methyl sites for hydroxylation is 1. The number of hydrogen-bond donors (Lipinski definition) is 2. The normalized spacial score (nSPS) is 11.7. The summed E-state index contributed by atoms with van der Waals surface area (Å²) < 4.78 is 0. The fraction of sp³-hybridized carbons (Fsp3) is 0.500. The van der Waals surface area contributed by atoms with Crippen molar-refractivity contribution in [2.24, 2.45) is 0 Å². The maximum atomic E-state index is 9.53. The Balaban J connectivity index is 2.48. The molecule has 0 unspecified atom stereocenters. The van der Waals surface area contributed by atoms with Crippen LogP contribution in [-0.2, 0) is 6.42 Å². The van der Waals surface area contributed by atoms with E-state index in [2.05, 4.69) is 0 Å². The summed E-state index contributed by atoms with van der Waals surface area (Å²) in [6.07, 6.45) is 2.53. The van der Waals surface area contributed by atoms with Crippen LogP contribution in [0.4, 0.5) is 0 Å². The molecule has 1 aromatic carbocycles. The van der Waals surface area contributed by atoms with Crippen molar-refractivity contribution in [1.82, 2.24) is 0 Å². The van der Waals surface area contributed by atoms with Crippen molar-refractivity contribution in [3.05, 3.63) is 28.8 Å². The molecule has 0 aliphatic rings. The van der Waals surface area contributed by atoms with Gasteiger partial charge in [0, 0.05) is 0 Å². The van der Waals surface area contributed by atoms with Gasteiger partial charge in [0.1, 0.15) is 5.75 Å². The number of phenolic OH excluding ortho intramolecular Hbond substituents is 1. The highest BCUT2D eigenvalue weighted by atomic mass is 35.5. The van der Waals surface area contributed by atoms with Crippen LogP contribution in [0.2, 0.25) is 5.02 Å². The zero-order valence-corrected chi connectivity index (χ0v) is 9.88. The molecule has 0 amide bonds. The van der Waals surface area contributed by atoms with Crippen LogP contribution in [0.1, 0.15) is 32.3 Å². The second kappa shape index (κ2) is 4.86. The summed E-state index contributed by atoms with van der Waals surface area (Å²) in [5.41, 5.74) is 0.475. The third-order valence-corrected chi connectivity index (χ3v) is 2.57. The standard InChI is InChI=1S/C12H17ClO2/c1-12(2,15)7-3-4-9-5-6-11(14)10(13)8-9/h5-6,8,14-15H,3-4,7H2,1-2H3. The molecule has 0 heterocycles. The maximum Gasteiger partial charge on any atom is 0.134 e. The van der Waals surface area contributed by atoms with Crippen LogP contribution in [-0.4, -0.2) is 15.8 Å². The molecule has 0 radical (unpaired) electrons. The largest absolute Gasteiger partial charge is 0.506 e. The molecule has 0 saturated carbocycles. The predicted molar refractivity (Wildman–Crippen MR) is 62.4 cm³/mol. The predicted octanol–water partition coefficient (Wildman–Crippen LogP) is 3.14. The first-order valence-electron chi connectivity index (χ1n) is 5.08. The third-order valence-electron chi connectivity index (χ3n) is 2.27. The van der Waals surface area contributed by atoms with Crippen molar-refractivity contribution in [1.29, 1.82) is 0 Å². The van der Waals surface area contributed by atoms with Crippen molar-refractivity contribution in [2.75, 3.05) is 0 Å². The highest BCUT2D eigenvalue weighted by Gasteiger charge is 2.11. The van der Waals surface area contributed by atoms with Gasteiger partial charge in [0.05, 0.1) is 10.6 Å². The SMILES string of the molecule is CC(C)(O)CCCc1ccc(O)c(Cl)c1. The van der Waals surface area contributed by atoms with Crippen molar-refractivity contribution >= 4 is 11.6 Å². The number of halogens is 1. The Morgan fingerprint density at radius 2 is 2.00 bits per heavy atom. The number of hydrogen-bond acceptors (Lipinski definition) is 2. The van der Waals surface area contributed by atoms with Crippen LogP contribution in [0.3, 0.4) is 0 Å².